The molecule has 0 bridgehead atoms. The predicted molar refractivity (Wildman–Crippen MR) is 90.3 cm³/mol. The van der Waals surface area contributed by atoms with Crippen molar-refractivity contribution in [2.45, 2.75) is 49.2 Å². The third-order valence-corrected chi connectivity index (χ3v) is 6.61. The van der Waals surface area contributed by atoms with E-state index in [2.05, 4.69) is 0 Å². The first-order valence-corrected chi connectivity index (χ1v) is 9.99. The molecule has 1 aliphatic rings. The van der Waals surface area contributed by atoms with Gasteiger partial charge in [0.2, 0.25) is 0 Å². The molecule has 7 heteroatoms. The number of aryl methyl sites for hydroxylation is 1. The van der Waals surface area contributed by atoms with Crippen molar-refractivity contribution in [2.24, 2.45) is 0 Å². The topological polar surface area (TPSA) is 76.4 Å². The van der Waals surface area contributed by atoms with Crippen LogP contribution in [0.25, 0.3) is 5.69 Å². The number of thiophene rings is 1. The van der Waals surface area contributed by atoms with E-state index in [1.165, 1.54) is 17.1 Å². The molecule has 1 N–H and O–H groups in total. The monoisotopic (exact) mass is 353 g/mol. The van der Waals surface area contributed by atoms with Gasteiger partial charge in [0, 0.05) is 11.8 Å². The molecule has 1 saturated carbocycles. The maximum atomic E-state index is 12.6. The minimum atomic E-state index is -4.35. The van der Waals surface area contributed by atoms with E-state index >= 15 is 0 Å². The Kier molecular flexibility index (Phi) is 4.44. The second-order valence-electron chi connectivity index (χ2n) is 6.03. The average molecular weight is 353 g/mol. The van der Waals surface area contributed by atoms with Crippen LogP contribution in [0.2, 0.25) is 0 Å². The van der Waals surface area contributed by atoms with Gasteiger partial charge in [0.1, 0.15) is 0 Å². The zero-order valence-electron chi connectivity index (χ0n) is 12.9. The number of rotatable bonds is 3. The Hall–Kier alpha value is -1.44. The van der Waals surface area contributed by atoms with Gasteiger partial charge in [-0.2, -0.15) is 8.42 Å². The molecule has 2 aromatic rings. The minimum Gasteiger partial charge on any atom is -0.281 e. The standard InChI is InChI=1S/C16H19NO4S2/c1-11-9-14(12-5-3-2-4-6-12)17(15(18)10-11)13-7-8-22-16(13)23(19,20)21/h7-10,12H,2-6H2,1H3,(H,19,20,21). The third kappa shape index (κ3) is 3.27. The Balaban J connectivity index is 2.23. The van der Waals surface area contributed by atoms with Crippen molar-refractivity contribution in [1.29, 1.82) is 0 Å². The van der Waals surface area contributed by atoms with Crippen LogP contribution in [-0.2, 0) is 10.1 Å². The number of pyridine rings is 1. The molecule has 1 aliphatic carbocycles. The summed E-state index contributed by atoms with van der Waals surface area (Å²) in [5, 5.41) is 1.58. The lowest BCUT2D eigenvalue weighted by molar-refractivity contribution is 0.430. The first-order valence-electron chi connectivity index (χ1n) is 7.67. The quantitative estimate of drug-likeness (QED) is 0.857. The molecule has 0 amide bonds. The van der Waals surface area contributed by atoms with E-state index in [1.54, 1.807) is 11.4 Å². The smallest absolute Gasteiger partial charge is 0.281 e. The van der Waals surface area contributed by atoms with Crippen molar-refractivity contribution in [3.63, 3.8) is 0 Å². The molecule has 0 saturated heterocycles. The lowest BCUT2D eigenvalue weighted by atomic mass is 9.86. The number of nitrogens with zero attached hydrogens (tertiary/aromatic N) is 1. The summed E-state index contributed by atoms with van der Waals surface area (Å²) in [6.07, 6.45) is 5.41. The lowest BCUT2D eigenvalue weighted by Crippen LogP contribution is -2.25. The molecule has 0 aromatic carbocycles. The summed E-state index contributed by atoms with van der Waals surface area (Å²) in [5.41, 5.74) is 1.71. The molecule has 0 radical (unpaired) electrons. The molecule has 0 atom stereocenters. The second-order valence-corrected chi connectivity index (χ2v) is 8.57. The fourth-order valence-electron chi connectivity index (χ4n) is 3.33. The van der Waals surface area contributed by atoms with E-state index in [4.69, 9.17) is 0 Å². The largest absolute Gasteiger partial charge is 0.306 e. The Labute approximate surface area is 139 Å². The number of hydrogen-bond acceptors (Lipinski definition) is 4. The van der Waals surface area contributed by atoms with Gasteiger partial charge in [0.05, 0.1) is 5.69 Å². The maximum absolute atomic E-state index is 12.6. The van der Waals surface area contributed by atoms with Crippen molar-refractivity contribution in [1.82, 2.24) is 4.57 Å². The van der Waals surface area contributed by atoms with Crippen LogP contribution in [0.5, 0.6) is 0 Å². The molecule has 23 heavy (non-hydrogen) atoms. The minimum absolute atomic E-state index is 0.180. The van der Waals surface area contributed by atoms with Crippen LogP contribution >= 0.6 is 11.3 Å². The van der Waals surface area contributed by atoms with Crippen LogP contribution in [0, 0.1) is 6.92 Å². The number of aromatic nitrogens is 1. The van der Waals surface area contributed by atoms with Gasteiger partial charge in [-0.05, 0) is 48.8 Å². The maximum Gasteiger partial charge on any atom is 0.306 e. The van der Waals surface area contributed by atoms with Crippen molar-refractivity contribution in [3.8, 4) is 5.69 Å². The molecule has 0 spiro atoms. The molecular formula is C16H19NO4S2. The van der Waals surface area contributed by atoms with Crippen molar-refractivity contribution in [2.75, 3.05) is 0 Å². The van der Waals surface area contributed by atoms with Crippen LogP contribution in [0.1, 0.15) is 49.3 Å². The van der Waals surface area contributed by atoms with E-state index in [0.29, 0.717) is 0 Å². The summed E-state index contributed by atoms with van der Waals surface area (Å²) in [4.78, 5) is 12.6. The highest BCUT2D eigenvalue weighted by atomic mass is 32.3. The van der Waals surface area contributed by atoms with Gasteiger partial charge in [0.25, 0.3) is 5.56 Å². The average Bonchev–Trinajstić information content (AvgIpc) is 2.96. The fourth-order valence-corrected chi connectivity index (χ4v) is 5.01. The Morgan fingerprint density at radius 3 is 2.57 bits per heavy atom. The highest BCUT2D eigenvalue weighted by Crippen LogP contribution is 2.35. The first kappa shape index (κ1) is 16.4. The lowest BCUT2D eigenvalue weighted by Gasteiger charge is -2.25. The Morgan fingerprint density at radius 2 is 1.91 bits per heavy atom. The van der Waals surface area contributed by atoms with E-state index < -0.39 is 10.1 Å². The summed E-state index contributed by atoms with van der Waals surface area (Å²) in [7, 11) is -4.35. The summed E-state index contributed by atoms with van der Waals surface area (Å²) < 4.78 is 33.9. The van der Waals surface area contributed by atoms with E-state index in [-0.39, 0.29) is 21.4 Å². The second kappa shape index (κ2) is 6.22. The molecule has 0 aliphatic heterocycles. The van der Waals surface area contributed by atoms with Gasteiger partial charge >= 0.3 is 10.1 Å². The third-order valence-electron chi connectivity index (χ3n) is 4.31. The Morgan fingerprint density at radius 1 is 1.22 bits per heavy atom. The molecular weight excluding hydrogens is 334 g/mol. The SMILES string of the molecule is Cc1cc(C2CCCCC2)n(-c2ccsc2S(=O)(=O)O)c(=O)c1. The first-order chi connectivity index (χ1) is 10.9. The molecule has 124 valence electrons. The van der Waals surface area contributed by atoms with Crippen molar-refractivity contribution in [3.05, 3.63) is 45.2 Å². The van der Waals surface area contributed by atoms with Crippen LogP contribution < -0.4 is 5.56 Å². The summed E-state index contributed by atoms with van der Waals surface area (Å²) in [6, 6.07) is 5.04. The molecule has 1 fully saturated rings. The normalized spacial score (nSPS) is 16.6. The zero-order valence-corrected chi connectivity index (χ0v) is 14.5. The van der Waals surface area contributed by atoms with Gasteiger partial charge in [-0.3, -0.25) is 13.9 Å². The molecule has 2 aromatic heterocycles. The molecule has 3 rings (SSSR count). The predicted octanol–water partition coefficient (Wildman–Crippen LogP) is 3.50. The van der Waals surface area contributed by atoms with E-state index in [1.807, 2.05) is 13.0 Å². The van der Waals surface area contributed by atoms with Gasteiger partial charge in [-0.25, -0.2) is 0 Å². The Bertz CT molecular complexity index is 874. The van der Waals surface area contributed by atoms with Gasteiger partial charge in [-0.1, -0.05) is 19.3 Å². The van der Waals surface area contributed by atoms with Gasteiger partial charge in [-0.15, -0.1) is 11.3 Å². The van der Waals surface area contributed by atoms with Gasteiger partial charge in [0.15, 0.2) is 4.21 Å². The van der Waals surface area contributed by atoms with Crippen LogP contribution in [0.4, 0.5) is 0 Å². The van der Waals surface area contributed by atoms with Crippen LogP contribution in [0.15, 0.2) is 32.6 Å². The van der Waals surface area contributed by atoms with Crippen molar-refractivity contribution < 1.29 is 13.0 Å². The van der Waals surface area contributed by atoms with E-state index in [0.717, 1.165) is 48.3 Å². The van der Waals surface area contributed by atoms with Crippen molar-refractivity contribution >= 4 is 21.5 Å². The molecule has 2 heterocycles. The number of hydrogen-bond donors (Lipinski definition) is 1. The zero-order chi connectivity index (χ0) is 16.6. The molecule has 0 unspecified atom stereocenters. The van der Waals surface area contributed by atoms with Crippen LogP contribution in [-0.4, -0.2) is 17.5 Å². The fraction of sp³-hybridized carbons (Fsp3) is 0.438. The van der Waals surface area contributed by atoms with Crippen LogP contribution in [0.3, 0.4) is 0 Å². The van der Waals surface area contributed by atoms with Gasteiger partial charge < -0.3 is 0 Å². The summed E-state index contributed by atoms with van der Waals surface area (Å²) >= 11 is 0.922. The molecule has 5 nitrogen and oxygen atoms in total. The summed E-state index contributed by atoms with van der Waals surface area (Å²) in [6.45, 7) is 1.87. The highest BCUT2D eigenvalue weighted by Gasteiger charge is 2.25. The summed E-state index contributed by atoms with van der Waals surface area (Å²) in [5.74, 6) is 0.241. The van der Waals surface area contributed by atoms with E-state index in [9.17, 15) is 17.8 Å². The highest BCUT2D eigenvalue weighted by molar-refractivity contribution is 7.88.